The Morgan fingerprint density at radius 2 is 1.52 bits per heavy atom. The van der Waals surface area contributed by atoms with E-state index in [1.807, 2.05) is 95.1 Å². The molecule has 0 aliphatic rings. The third-order valence-electron chi connectivity index (χ3n) is 4.89. The molecule has 33 heavy (non-hydrogen) atoms. The second-order valence-electron chi connectivity index (χ2n) is 7.13. The molecule has 0 amide bonds. The highest BCUT2D eigenvalue weighted by Gasteiger charge is 2.11. The van der Waals surface area contributed by atoms with E-state index in [0.717, 1.165) is 33.8 Å². The molecule has 5 aromatic rings. The summed E-state index contributed by atoms with van der Waals surface area (Å²) >= 11 is 13.5. The van der Waals surface area contributed by atoms with Gasteiger partial charge in [0.25, 0.3) is 0 Å². The molecule has 8 heteroatoms. The van der Waals surface area contributed by atoms with E-state index in [2.05, 4.69) is 15.5 Å². The fourth-order valence-electron chi connectivity index (χ4n) is 3.26. The Hall–Kier alpha value is -3.45. The Morgan fingerprint density at radius 1 is 0.848 bits per heavy atom. The fourth-order valence-corrected chi connectivity index (χ4v) is 4.18. The van der Waals surface area contributed by atoms with Gasteiger partial charge in [-0.1, -0.05) is 65.7 Å². The lowest BCUT2D eigenvalue weighted by molar-refractivity contribution is 0.884. The molecule has 2 aromatic heterocycles. The van der Waals surface area contributed by atoms with Gasteiger partial charge in [0.2, 0.25) is 5.13 Å². The third-order valence-corrected chi connectivity index (χ3v) is 6.14. The van der Waals surface area contributed by atoms with Crippen LogP contribution in [-0.2, 0) is 0 Å². The molecule has 0 saturated heterocycles. The second-order valence-corrected chi connectivity index (χ2v) is 8.87. The first-order valence-corrected chi connectivity index (χ1v) is 11.7. The highest BCUT2D eigenvalue weighted by Crippen LogP contribution is 2.27. The van der Waals surface area contributed by atoms with Crippen LogP contribution in [0.5, 0.6) is 0 Å². The van der Waals surface area contributed by atoms with Crippen LogP contribution in [0.3, 0.4) is 0 Å². The van der Waals surface area contributed by atoms with Crippen LogP contribution in [-0.4, -0.2) is 21.0 Å². The molecule has 0 aliphatic heterocycles. The zero-order valence-corrected chi connectivity index (χ0v) is 19.5. The number of nitrogens with one attached hydrogen (secondary N) is 1. The van der Waals surface area contributed by atoms with Crippen LogP contribution >= 0.6 is 34.5 Å². The average molecular weight is 490 g/mol. The minimum Gasteiger partial charge on any atom is -0.253 e. The summed E-state index contributed by atoms with van der Waals surface area (Å²) in [5.74, 6) is 0. The van der Waals surface area contributed by atoms with E-state index in [0.29, 0.717) is 15.2 Å². The Kier molecular flexibility index (Phi) is 6.21. The highest BCUT2D eigenvalue weighted by molar-refractivity contribution is 7.14. The molecule has 0 spiro atoms. The van der Waals surface area contributed by atoms with Gasteiger partial charge in [0.1, 0.15) is 5.69 Å². The van der Waals surface area contributed by atoms with Crippen molar-refractivity contribution in [2.24, 2.45) is 5.10 Å². The van der Waals surface area contributed by atoms with Gasteiger partial charge < -0.3 is 0 Å². The monoisotopic (exact) mass is 489 g/mol. The van der Waals surface area contributed by atoms with Gasteiger partial charge in [-0.3, -0.25) is 5.43 Å². The number of para-hydroxylation sites is 1. The number of anilines is 1. The van der Waals surface area contributed by atoms with Crippen LogP contribution in [0.1, 0.15) is 5.56 Å². The molecule has 1 N–H and O–H groups in total. The maximum Gasteiger partial charge on any atom is 0.203 e. The van der Waals surface area contributed by atoms with Crippen LogP contribution in [0, 0.1) is 0 Å². The maximum atomic E-state index is 6.07. The van der Waals surface area contributed by atoms with Gasteiger partial charge in [-0.15, -0.1) is 11.3 Å². The van der Waals surface area contributed by atoms with Gasteiger partial charge in [0.15, 0.2) is 0 Å². The molecule has 0 radical (unpaired) electrons. The number of benzene rings is 3. The third kappa shape index (κ3) is 4.98. The molecule has 5 nitrogen and oxygen atoms in total. The summed E-state index contributed by atoms with van der Waals surface area (Å²) in [7, 11) is 0. The molecule has 0 saturated carbocycles. The molecule has 5 rings (SSSR count). The fraction of sp³-hybridized carbons (Fsp3) is 0. The van der Waals surface area contributed by atoms with E-state index in [9.17, 15) is 0 Å². The molecular formula is C25H17Cl2N5S. The number of halogens is 2. The van der Waals surface area contributed by atoms with Crippen molar-refractivity contribution < 1.29 is 0 Å². The van der Waals surface area contributed by atoms with Crippen molar-refractivity contribution in [3.05, 3.63) is 106 Å². The lowest BCUT2D eigenvalue weighted by Gasteiger charge is -2.00. The standard InChI is InChI=1S/C25H17Cl2N5S/c26-20-10-6-17(7-11-20)23-16-33-25(29-23)30-28-14-19-15-32(22-4-2-1-3-5-22)31-24(19)18-8-12-21(27)13-9-18/h1-16H,(H,29,30)/b28-14+. The SMILES string of the molecule is Clc1ccc(-c2csc(N/N=C/c3cn(-c4ccccc4)nc3-c3ccc(Cl)cc3)n2)cc1. The molecule has 0 unspecified atom stereocenters. The van der Waals surface area contributed by atoms with Gasteiger partial charge >= 0.3 is 0 Å². The lowest BCUT2D eigenvalue weighted by atomic mass is 10.1. The molecule has 0 bridgehead atoms. The molecule has 3 aromatic carbocycles. The first-order chi connectivity index (χ1) is 16.2. The largest absolute Gasteiger partial charge is 0.253 e. The predicted octanol–water partition coefficient (Wildman–Crippen LogP) is 7.42. The molecule has 162 valence electrons. The Labute approximate surface area is 205 Å². The van der Waals surface area contributed by atoms with E-state index < -0.39 is 0 Å². The number of hydrogen-bond donors (Lipinski definition) is 1. The number of thiazole rings is 1. The predicted molar refractivity (Wildman–Crippen MR) is 138 cm³/mol. The normalized spacial score (nSPS) is 11.2. The molecule has 0 atom stereocenters. The van der Waals surface area contributed by atoms with E-state index >= 15 is 0 Å². The van der Waals surface area contributed by atoms with Crippen LogP contribution in [0.15, 0.2) is 95.5 Å². The van der Waals surface area contributed by atoms with Gasteiger partial charge in [-0.2, -0.15) is 10.2 Å². The average Bonchev–Trinajstić information content (AvgIpc) is 3.49. The first-order valence-electron chi connectivity index (χ1n) is 10.1. The number of aromatic nitrogens is 3. The van der Waals surface area contributed by atoms with Gasteiger partial charge in [0, 0.05) is 38.3 Å². The summed E-state index contributed by atoms with van der Waals surface area (Å²) in [5, 5.41) is 13.3. The second kappa shape index (κ2) is 9.58. The smallest absolute Gasteiger partial charge is 0.203 e. The van der Waals surface area contributed by atoms with Gasteiger partial charge in [-0.25, -0.2) is 9.67 Å². The Morgan fingerprint density at radius 3 is 2.21 bits per heavy atom. The Bertz CT molecular complexity index is 1390. The van der Waals surface area contributed by atoms with Crippen molar-refractivity contribution in [2.45, 2.75) is 0 Å². The van der Waals surface area contributed by atoms with Crippen LogP contribution in [0.25, 0.3) is 28.2 Å². The van der Waals surface area contributed by atoms with Crippen molar-refractivity contribution in [1.29, 1.82) is 0 Å². The number of hydrogen-bond acceptors (Lipinski definition) is 5. The van der Waals surface area contributed by atoms with E-state index in [1.165, 1.54) is 11.3 Å². The quantitative estimate of drug-likeness (QED) is 0.199. The zero-order valence-electron chi connectivity index (χ0n) is 17.2. The van der Waals surface area contributed by atoms with Crippen LogP contribution in [0.2, 0.25) is 10.0 Å². The highest BCUT2D eigenvalue weighted by atomic mass is 35.5. The van der Waals surface area contributed by atoms with Crippen molar-refractivity contribution in [2.75, 3.05) is 5.43 Å². The van der Waals surface area contributed by atoms with Crippen LogP contribution < -0.4 is 5.43 Å². The molecule has 0 aliphatic carbocycles. The molecule has 2 heterocycles. The van der Waals surface area contributed by atoms with Gasteiger partial charge in [0.05, 0.1) is 17.6 Å². The zero-order chi connectivity index (χ0) is 22.6. The minimum atomic E-state index is 0.679. The van der Waals surface area contributed by atoms with E-state index in [1.54, 1.807) is 6.21 Å². The van der Waals surface area contributed by atoms with Crippen molar-refractivity contribution in [3.63, 3.8) is 0 Å². The number of nitrogens with zero attached hydrogens (tertiary/aromatic N) is 4. The summed E-state index contributed by atoms with van der Waals surface area (Å²) < 4.78 is 1.84. The van der Waals surface area contributed by atoms with Crippen LogP contribution in [0.4, 0.5) is 5.13 Å². The summed E-state index contributed by atoms with van der Waals surface area (Å²) in [4.78, 5) is 4.60. The van der Waals surface area contributed by atoms with Crippen molar-refractivity contribution in [1.82, 2.24) is 14.8 Å². The topological polar surface area (TPSA) is 55.1 Å². The summed E-state index contributed by atoms with van der Waals surface area (Å²) in [6.45, 7) is 0. The van der Waals surface area contributed by atoms with Gasteiger partial charge in [-0.05, 0) is 36.4 Å². The molecule has 0 fully saturated rings. The number of rotatable bonds is 6. The minimum absolute atomic E-state index is 0.679. The first kappa shape index (κ1) is 21.4. The van der Waals surface area contributed by atoms with Crippen molar-refractivity contribution in [3.8, 4) is 28.2 Å². The van der Waals surface area contributed by atoms with E-state index in [-0.39, 0.29) is 0 Å². The summed E-state index contributed by atoms with van der Waals surface area (Å²) in [6, 6.07) is 25.1. The lowest BCUT2D eigenvalue weighted by Crippen LogP contribution is -1.93. The number of hydrazone groups is 1. The summed E-state index contributed by atoms with van der Waals surface area (Å²) in [5.41, 5.74) is 8.49. The van der Waals surface area contributed by atoms with E-state index in [4.69, 9.17) is 28.3 Å². The van der Waals surface area contributed by atoms with Crippen molar-refractivity contribution >= 4 is 45.9 Å². The maximum absolute atomic E-state index is 6.07. The Balaban J connectivity index is 1.41. The summed E-state index contributed by atoms with van der Waals surface area (Å²) in [6.07, 6.45) is 3.70. The molecular weight excluding hydrogens is 473 g/mol.